The summed E-state index contributed by atoms with van der Waals surface area (Å²) >= 11 is 0. The van der Waals surface area contributed by atoms with Gasteiger partial charge in [-0.3, -0.25) is 10.1 Å². The van der Waals surface area contributed by atoms with Crippen LogP contribution < -0.4 is 10.5 Å². The maximum absolute atomic E-state index is 10.5. The van der Waals surface area contributed by atoms with E-state index in [9.17, 15) is 10.1 Å². The first-order valence-corrected chi connectivity index (χ1v) is 5.41. The fourth-order valence-electron chi connectivity index (χ4n) is 1.53. The van der Waals surface area contributed by atoms with Gasteiger partial charge in [-0.25, -0.2) is 0 Å². The van der Waals surface area contributed by atoms with Crippen molar-refractivity contribution in [3.63, 3.8) is 0 Å². The molecule has 0 aliphatic heterocycles. The minimum Gasteiger partial charge on any atom is -0.457 e. The molecule has 18 heavy (non-hydrogen) atoms. The van der Waals surface area contributed by atoms with E-state index in [1.54, 1.807) is 12.1 Å². The Morgan fingerprint density at radius 2 is 1.78 bits per heavy atom. The number of nitro groups is 1. The Bertz CT molecular complexity index is 552. The second-order valence-electron chi connectivity index (χ2n) is 3.66. The molecule has 0 saturated heterocycles. The van der Waals surface area contributed by atoms with Gasteiger partial charge in [-0.15, -0.1) is 0 Å². The second kappa shape index (κ2) is 5.29. The number of non-ortho nitro benzene ring substituents is 1. The highest BCUT2D eigenvalue weighted by Crippen LogP contribution is 2.26. The van der Waals surface area contributed by atoms with Gasteiger partial charge in [-0.1, -0.05) is 18.2 Å². The summed E-state index contributed by atoms with van der Waals surface area (Å²) in [5.74, 6) is 1.20. The van der Waals surface area contributed by atoms with Gasteiger partial charge in [-0.05, 0) is 18.2 Å². The number of ether oxygens (including phenoxy) is 1. The molecule has 0 fully saturated rings. The molecule has 2 aromatic rings. The van der Waals surface area contributed by atoms with E-state index in [4.69, 9.17) is 10.5 Å². The van der Waals surface area contributed by atoms with Crippen LogP contribution in [0.4, 0.5) is 5.69 Å². The van der Waals surface area contributed by atoms with Crippen LogP contribution in [0.2, 0.25) is 0 Å². The van der Waals surface area contributed by atoms with Gasteiger partial charge < -0.3 is 10.5 Å². The Hall–Kier alpha value is -2.40. The lowest BCUT2D eigenvalue weighted by molar-refractivity contribution is -0.384. The molecule has 2 aromatic carbocycles. The summed E-state index contributed by atoms with van der Waals surface area (Å²) in [6.07, 6.45) is 0. The normalized spacial score (nSPS) is 10.1. The predicted octanol–water partition coefficient (Wildman–Crippen LogP) is 2.85. The van der Waals surface area contributed by atoms with Crippen molar-refractivity contribution >= 4 is 5.69 Å². The van der Waals surface area contributed by atoms with Crippen molar-refractivity contribution in [1.82, 2.24) is 0 Å². The third-order valence-corrected chi connectivity index (χ3v) is 2.47. The average molecular weight is 244 g/mol. The molecule has 0 spiro atoms. The molecular weight excluding hydrogens is 232 g/mol. The highest BCUT2D eigenvalue weighted by atomic mass is 16.6. The monoisotopic (exact) mass is 244 g/mol. The summed E-state index contributed by atoms with van der Waals surface area (Å²) in [4.78, 5) is 10.1. The number of rotatable bonds is 4. The van der Waals surface area contributed by atoms with Gasteiger partial charge in [0.1, 0.15) is 11.5 Å². The highest BCUT2D eigenvalue weighted by molar-refractivity contribution is 5.41. The van der Waals surface area contributed by atoms with E-state index in [0.717, 1.165) is 5.56 Å². The minimum atomic E-state index is -0.447. The first kappa shape index (κ1) is 12.1. The van der Waals surface area contributed by atoms with Gasteiger partial charge in [0, 0.05) is 24.2 Å². The highest BCUT2D eigenvalue weighted by Gasteiger charge is 2.06. The lowest BCUT2D eigenvalue weighted by Crippen LogP contribution is -1.99. The maximum atomic E-state index is 10.5. The molecule has 0 amide bonds. The van der Waals surface area contributed by atoms with Crippen molar-refractivity contribution in [3.8, 4) is 11.5 Å². The molecule has 0 unspecified atom stereocenters. The van der Waals surface area contributed by atoms with Crippen molar-refractivity contribution < 1.29 is 9.66 Å². The first-order chi connectivity index (χ1) is 8.70. The Balaban J connectivity index is 2.21. The van der Waals surface area contributed by atoms with E-state index < -0.39 is 4.92 Å². The molecule has 0 atom stereocenters. The van der Waals surface area contributed by atoms with Crippen molar-refractivity contribution in [3.05, 3.63) is 64.2 Å². The Morgan fingerprint density at radius 3 is 2.39 bits per heavy atom. The number of nitrogens with zero attached hydrogens (tertiary/aromatic N) is 1. The maximum Gasteiger partial charge on any atom is 0.269 e. The fourth-order valence-corrected chi connectivity index (χ4v) is 1.53. The van der Waals surface area contributed by atoms with E-state index in [2.05, 4.69) is 0 Å². The van der Waals surface area contributed by atoms with Crippen molar-refractivity contribution in [2.24, 2.45) is 5.73 Å². The molecule has 5 nitrogen and oxygen atoms in total. The van der Waals surface area contributed by atoms with Gasteiger partial charge >= 0.3 is 0 Å². The number of benzene rings is 2. The van der Waals surface area contributed by atoms with E-state index in [0.29, 0.717) is 18.0 Å². The first-order valence-electron chi connectivity index (χ1n) is 5.41. The smallest absolute Gasteiger partial charge is 0.269 e. The van der Waals surface area contributed by atoms with Gasteiger partial charge in [-0.2, -0.15) is 0 Å². The SMILES string of the molecule is NCc1ccccc1Oc1ccc([N+](=O)[O-])cc1. The number of nitrogens with two attached hydrogens (primary N) is 1. The summed E-state index contributed by atoms with van der Waals surface area (Å²) in [5.41, 5.74) is 6.52. The topological polar surface area (TPSA) is 78.4 Å². The number of hydrogen-bond acceptors (Lipinski definition) is 4. The van der Waals surface area contributed by atoms with Gasteiger partial charge in [0.2, 0.25) is 0 Å². The molecular formula is C13H12N2O3. The molecule has 0 bridgehead atoms. The summed E-state index contributed by atoms with van der Waals surface area (Å²) in [7, 11) is 0. The molecule has 2 rings (SSSR count). The summed E-state index contributed by atoms with van der Waals surface area (Å²) in [5, 5.41) is 10.5. The van der Waals surface area contributed by atoms with Crippen LogP contribution in [0.5, 0.6) is 11.5 Å². The van der Waals surface area contributed by atoms with Crippen molar-refractivity contribution in [2.45, 2.75) is 6.54 Å². The molecule has 0 aliphatic rings. The average Bonchev–Trinajstić information content (AvgIpc) is 2.40. The largest absolute Gasteiger partial charge is 0.457 e. The van der Waals surface area contributed by atoms with Crippen LogP contribution in [0, 0.1) is 10.1 Å². The number of nitro benzene ring substituents is 1. The van der Waals surface area contributed by atoms with Crippen LogP contribution >= 0.6 is 0 Å². The van der Waals surface area contributed by atoms with Gasteiger partial charge in [0.15, 0.2) is 0 Å². The molecule has 0 heterocycles. The zero-order chi connectivity index (χ0) is 13.0. The lowest BCUT2D eigenvalue weighted by Gasteiger charge is -2.09. The number of para-hydroxylation sites is 1. The zero-order valence-corrected chi connectivity index (χ0v) is 9.58. The standard InChI is InChI=1S/C13H12N2O3/c14-9-10-3-1-2-4-13(10)18-12-7-5-11(6-8-12)15(16)17/h1-8H,9,14H2. The molecule has 0 aromatic heterocycles. The van der Waals surface area contributed by atoms with E-state index in [1.165, 1.54) is 12.1 Å². The minimum absolute atomic E-state index is 0.0365. The molecule has 0 radical (unpaired) electrons. The zero-order valence-electron chi connectivity index (χ0n) is 9.58. The van der Waals surface area contributed by atoms with Crippen molar-refractivity contribution in [2.75, 3.05) is 0 Å². The summed E-state index contributed by atoms with van der Waals surface area (Å²) in [6, 6.07) is 13.3. The number of hydrogen-bond donors (Lipinski definition) is 1. The van der Waals surface area contributed by atoms with E-state index >= 15 is 0 Å². The van der Waals surface area contributed by atoms with Crippen molar-refractivity contribution in [1.29, 1.82) is 0 Å². The Labute approximate surface area is 104 Å². The molecule has 92 valence electrons. The Morgan fingerprint density at radius 1 is 1.11 bits per heavy atom. The van der Waals surface area contributed by atoms with Gasteiger partial charge in [0.05, 0.1) is 4.92 Å². The van der Waals surface area contributed by atoms with Crippen LogP contribution in [-0.4, -0.2) is 4.92 Å². The molecule has 0 saturated carbocycles. The third kappa shape index (κ3) is 2.64. The quantitative estimate of drug-likeness (QED) is 0.662. The molecule has 2 N–H and O–H groups in total. The Kier molecular flexibility index (Phi) is 3.54. The predicted molar refractivity (Wildman–Crippen MR) is 67.5 cm³/mol. The van der Waals surface area contributed by atoms with Crippen LogP contribution in [0.15, 0.2) is 48.5 Å². The second-order valence-corrected chi connectivity index (χ2v) is 3.66. The van der Waals surface area contributed by atoms with E-state index in [1.807, 2.05) is 24.3 Å². The fraction of sp³-hybridized carbons (Fsp3) is 0.0769. The van der Waals surface area contributed by atoms with Gasteiger partial charge in [0.25, 0.3) is 5.69 Å². The summed E-state index contributed by atoms with van der Waals surface area (Å²) < 4.78 is 5.63. The van der Waals surface area contributed by atoms with Crippen LogP contribution in [0.25, 0.3) is 0 Å². The van der Waals surface area contributed by atoms with E-state index in [-0.39, 0.29) is 5.69 Å². The van der Waals surface area contributed by atoms with Crippen LogP contribution in [0.3, 0.4) is 0 Å². The third-order valence-electron chi connectivity index (χ3n) is 2.47. The summed E-state index contributed by atoms with van der Waals surface area (Å²) in [6.45, 7) is 0.378. The molecule has 0 aliphatic carbocycles. The lowest BCUT2D eigenvalue weighted by atomic mass is 10.2. The molecule has 5 heteroatoms. The van der Waals surface area contributed by atoms with Crippen LogP contribution in [0.1, 0.15) is 5.56 Å². The van der Waals surface area contributed by atoms with Crippen LogP contribution in [-0.2, 0) is 6.54 Å².